The predicted molar refractivity (Wildman–Crippen MR) is 35.1 cm³/mol. The van der Waals surface area contributed by atoms with Gasteiger partial charge in [-0.3, -0.25) is 4.79 Å². The van der Waals surface area contributed by atoms with Crippen LogP contribution in [0.25, 0.3) is 0 Å². The van der Waals surface area contributed by atoms with Gasteiger partial charge in [0, 0.05) is 6.92 Å². The van der Waals surface area contributed by atoms with Gasteiger partial charge in [0.2, 0.25) is 0 Å². The fourth-order valence-electron chi connectivity index (χ4n) is 0.457. The van der Waals surface area contributed by atoms with Crippen molar-refractivity contribution in [2.75, 3.05) is 0 Å². The topological polar surface area (TPSA) is 26.3 Å². The largest absolute Gasteiger partial charge is 0.439 e. The van der Waals surface area contributed by atoms with E-state index in [0.29, 0.717) is 6.92 Å². The van der Waals surface area contributed by atoms with Crippen LogP contribution in [-0.4, -0.2) is 17.7 Å². The molecule has 0 bridgehead atoms. The Kier molecular flexibility index (Phi) is 2.75. The molecule has 1 unspecified atom stereocenters. The zero-order valence-electron chi connectivity index (χ0n) is 6.53. The molecule has 68 valence electrons. The highest BCUT2D eigenvalue weighted by atomic mass is 19.4. The van der Waals surface area contributed by atoms with E-state index in [1.807, 2.05) is 0 Å². The molecular weight excluding hydrogens is 173 g/mol. The molecule has 0 saturated carbocycles. The number of terminal acetylenes is 1. The molecule has 0 aliphatic rings. The second kappa shape index (κ2) is 3.05. The Morgan fingerprint density at radius 1 is 1.50 bits per heavy atom. The summed E-state index contributed by atoms with van der Waals surface area (Å²) in [4.78, 5) is 10.2. The molecule has 0 N–H and O–H groups in total. The van der Waals surface area contributed by atoms with Crippen LogP contribution in [0, 0.1) is 12.3 Å². The molecule has 1 atom stereocenters. The van der Waals surface area contributed by atoms with Gasteiger partial charge in [-0.15, -0.1) is 6.42 Å². The van der Waals surface area contributed by atoms with Crippen LogP contribution in [0.5, 0.6) is 0 Å². The van der Waals surface area contributed by atoms with Crippen LogP contribution in [0.1, 0.15) is 13.8 Å². The molecule has 0 rings (SSSR count). The van der Waals surface area contributed by atoms with E-state index in [-0.39, 0.29) is 0 Å². The first kappa shape index (κ1) is 10.8. The molecule has 0 aliphatic heterocycles. The number of rotatable bonds is 1. The number of carbonyl (C=O) groups is 1. The van der Waals surface area contributed by atoms with Crippen molar-refractivity contribution in [3.8, 4) is 12.3 Å². The molecular formula is C7H7F3O2. The lowest BCUT2D eigenvalue weighted by atomic mass is 10.1. The molecule has 0 fully saturated rings. The van der Waals surface area contributed by atoms with E-state index in [4.69, 9.17) is 0 Å². The van der Waals surface area contributed by atoms with Gasteiger partial charge in [-0.25, -0.2) is 0 Å². The van der Waals surface area contributed by atoms with Crippen LogP contribution in [0.3, 0.4) is 0 Å². The highest BCUT2D eigenvalue weighted by Gasteiger charge is 2.53. The van der Waals surface area contributed by atoms with Crippen molar-refractivity contribution >= 4 is 5.97 Å². The molecule has 12 heavy (non-hydrogen) atoms. The summed E-state index contributed by atoms with van der Waals surface area (Å²) >= 11 is 0. The second-order valence-corrected chi connectivity index (χ2v) is 2.27. The second-order valence-electron chi connectivity index (χ2n) is 2.27. The van der Waals surface area contributed by atoms with E-state index < -0.39 is 17.7 Å². The van der Waals surface area contributed by atoms with Crippen LogP contribution in [0.4, 0.5) is 13.2 Å². The van der Waals surface area contributed by atoms with Gasteiger partial charge in [-0.2, -0.15) is 13.2 Å². The standard InChI is InChI=1S/C7H7F3O2/c1-4-6(3,7(8,9)10)12-5(2)11/h1H,2-3H3. The van der Waals surface area contributed by atoms with Crippen molar-refractivity contribution in [3.63, 3.8) is 0 Å². The summed E-state index contributed by atoms with van der Waals surface area (Å²) in [6, 6.07) is 0. The molecule has 0 aromatic heterocycles. The third-order valence-electron chi connectivity index (χ3n) is 1.16. The van der Waals surface area contributed by atoms with Crippen molar-refractivity contribution < 1.29 is 22.7 Å². The van der Waals surface area contributed by atoms with E-state index in [1.54, 1.807) is 0 Å². The molecule has 2 nitrogen and oxygen atoms in total. The van der Waals surface area contributed by atoms with E-state index >= 15 is 0 Å². The third-order valence-corrected chi connectivity index (χ3v) is 1.16. The van der Waals surface area contributed by atoms with E-state index in [1.165, 1.54) is 5.92 Å². The van der Waals surface area contributed by atoms with Gasteiger partial charge in [0.25, 0.3) is 5.60 Å². The predicted octanol–water partition coefficient (Wildman–Crippen LogP) is 1.50. The van der Waals surface area contributed by atoms with Crippen molar-refractivity contribution in [2.45, 2.75) is 25.6 Å². The first-order chi connectivity index (χ1) is 5.23. The molecule has 0 spiro atoms. The summed E-state index contributed by atoms with van der Waals surface area (Å²) in [6.45, 7) is 1.48. The van der Waals surface area contributed by atoms with E-state index in [0.717, 1.165) is 6.92 Å². The Morgan fingerprint density at radius 3 is 2.00 bits per heavy atom. The number of hydrogen-bond acceptors (Lipinski definition) is 2. The van der Waals surface area contributed by atoms with Crippen LogP contribution >= 0.6 is 0 Å². The van der Waals surface area contributed by atoms with Crippen LogP contribution in [0.15, 0.2) is 0 Å². The van der Waals surface area contributed by atoms with Crippen molar-refractivity contribution in [1.82, 2.24) is 0 Å². The van der Waals surface area contributed by atoms with Gasteiger partial charge in [-0.1, -0.05) is 0 Å². The van der Waals surface area contributed by atoms with Crippen LogP contribution < -0.4 is 0 Å². The van der Waals surface area contributed by atoms with Gasteiger partial charge in [0.05, 0.1) is 0 Å². The maximum Gasteiger partial charge on any atom is 0.439 e. The Bertz CT molecular complexity index is 226. The highest BCUT2D eigenvalue weighted by Crippen LogP contribution is 2.32. The number of ether oxygens (including phenoxy) is 1. The minimum Gasteiger partial charge on any atom is -0.436 e. The maximum absolute atomic E-state index is 12.0. The van der Waals surface area contributed by atoms with Crippen LogP contribution in [0.2, 0.25) is 0 Å². The summed E-state index contributed by atoms with van der Waals surface area (Å²) in [5.41, 5.74) is -2.82. The zero-order chi connectivity index (χ0) is 9.99. The average molecular weight is 180 g/mol. The molecule has 0 saturated heterocycles. The van der Waals surface area contributed by atoms with E-state index in [2.05, 4.69) is 11.2 Å². The van der Waals surface area contributed by atoms with Gasteiger partial charge >= 0.3 is 12.1 Å². The molecule has 0 amide bonds. The van der Waals surface area contributed by atoms with Gasteiger partial charge in [-0.05, 0) is 12.8 Å². The Hall–Kier alpha value is -1.18. The number of hydrogen-bond donors (Lipinski definition) is 0. The number of carbonyl (C=O) groups excluding carboxylic acids is 1. The summed E-state index contributed by atoms with van der Waals surface area (Å²) in [6.07, 6.45) is -0.148. The Morgan fingerprint density at radius 2 is 1.92 bits per heavy atom. The Labute approximate surface area is 67.7 Å². The average Bonchev–Trinajstić information content (AvgIpc) is 1.83. The fraction of sp³-hybridized carbons (Fsp3) is 0.571. The monoisotopic (exact) mass is 180 g/mol. The van der Waals surface area contributed by atoms with Crippen molar-refractivity contribution in [1.29, 1.82) is 0 Å². The molecule has 0 heterocycles. The minimum atomic E-state index is -4.74. The first-order valence-electron chi connectivity index (χ1n) is 2.97. The summed E-state index contributed by atoms with van der Waals surface area (Å²) in [7, 11) is 0. The van der Waals surface area contributed by atoms with Gasteiger partial charge in [0.1, 0.15) is 0 Å². The lowest BCUT2D eigenvalue weighted by molar-refractivity contribution is -0.241. The van der Waals surface area contributed by atoms with Gasteiger partial charge < -0.3 is 4.74 Å². The van der Waals surface area contributed by atoms with E-state index in [9.17, 15) is 18.0 Å². The zero-order valence-corrected chi connectivity index (χ0v) is 6.53. The van der Waals surface area contributed by atoms with Crippen LogP contribution in [-0.2, 0) is 9.53 Å². The number of halogens is 3. The third kappa shape index (κ3) is 2.16. The number of esters is 1. The molecule has 0 aliphatic carbocycles. The molecule has 5 heteroatoms. The summed E-state index contributed by atoms with van der Waals surface area (Å²) < 4.78 is 40.1. The fourth-order valence-corrected chi connectivity index (χ4v) is 0.457. The Balaban J connectivity index is 4.72. The highest BCUT2D eigenvalue weighted by molar-refractivity contribution is 5.67. The summed E-state index contributed by atoms with van der Waals surface area (Å²) in [5, 5.41) is 0. The SMILES string of the molecule is C#CC(C)(OC(C)=O)C(F)(F)F. The lowest BCUT2D eigenvalue weighted by Crippen LogP contribution is -2.44. The van der Waals surface area contributed by atoms with Crippen molar-refractivity contribution in [2.24, 2.45) is 0 Å². The lowest BCUT2D eigenvalue weighted by Gasteiger charge is -2.25. The quantitative estimate of drug-likeness (QED) is 0.451. The molecule has 0 aromatic rings. The smallest absolute Gasteiger partial charge is 0.436 e. The summed E-state index contributed by atoms with van der Waals surface area (Å²) in [5.74, 6) is 0.319. The first-order valence-corrected chi connectivity index (χ1v) is 2.97. The molecule has 0 radical (unpaired) electrons. The molecule has 0 aromatic carbocycles. The number of alkyl halides is 3. The maximum atomic E-state index is 12.0. The normalized spacial score (nSPS) is 16.0. The van der Waals surface area contributed by atoms with Crippen molar-refractivity contribution in [3.05, 3.63) is 0 Å². The minimum absolute atomic E-state index is 0.619. The van der Waals surface area contributed by atoms with Gasteiger partial charge in [0.15, 0.2) is 0 Å².